The molecule has 3 rings (SSSR count). The van der Waals surface area contributed by atoms with Crippen LogP contribution in [0.4, 0.5) is 0 Å². The molecule has 1 unspecified atom stereocenters. The van der Waals surface area contributed by atoms with Crippen molar-refractivity contribution in [2.45, 2.75) is 50.2 Å². The van der Waals surface area contributed by atoms with Gasteiger partial charge in [-0.05, 0) is 42.3 Å². The van der Waals surface area contributed by atoms with Crippen LogP contribution in [0.15, 0.2) is 36.4 Å². The van der Waals surface area contributed by atoms with Gasteiger partial charge >= 0.3 is 0 Å². The highest BCUT2D eigenvalue weighted by Crippen LogP contribution is 2.43. The van der Waals surface area contributed by atoms with Gasteiger partial charge in [0.05, 0.1) is 13.2 Å². The van der Waals surface area contributed by atoms with Crippen molar-refractivity contribution >= 4 is 46.4 Å². The zero-order chi connectivity index (χ0) is 23.7. The Morgan fingerprint density at radius 1 is 0.969 bits per heavy atom. The molecule has 0 radical (unpaired) electrons. The topological polar surface area (TPSA) is 97.6 Å². The number of hydrogen-bond donors (Lipinski definition) is 3. The molecule has 176 valence electrons. The average molecular weight is 528 g/mol. The first-order valence-electron chi connectivity index (χ1n) is 9.44. The van der Waals surface area contributed by atoms with Crippen LogP contribution in [0, 0.1) is 0 Å². The van der Waals surface area contributed by atoms with Gasteiger partial charge in [0.1, 0.15) is 0 Å². The Morgan fingerprint density at radius 2 is 1.50 bits per heavy atom. The maximum absolute atomic E-state index is 11.3. The molecule has 1 saturated heterocycles. The van der Waals surface area contributed by atoms with Gasteiger partial charge in [0.15, 0.2) is 24.3 Å². The minimum atomic E-state index is -2.43. The van der Waals surface area contributed by atoms with E-state index < -0.39 is 30.1 Å². The lowest BCUT2D eigenvalue weighted by atomic mass is 9.92. The van der Waals surface area contributed by atoms with Crippen molar-refractivity contribution in [3.63, 3.8) is 0 Å². The Hall–Kier alpha value is -0.680. The van der Waals surface area contributed by atoms with E-state index in [1.807, 2.05) is 0 Å². The van der Waals surface area contributed by atoms with Crippen LogP contribution >= 0.6 is 46.4 Å². The van der Waals surface area contributed by atoms with Crippen molar-refractivity contribution in [2.75, 3.05) is 7.11 Å². The molecule has 1 aliphatic heterocycles. The second kappa shape index (κ2) is 10.3. The highest BCUT2D eigenvalue weighted by atomic mass is 35.5. The summed E-state index contributed by atoms with van der Waals surface area (Å²) in [4.78, 5) is 0. The molecule has 1 aliphatic rings. The molecule has 0 bridgehead atoms. The molecule has 5 atom stereocenters. The van der Waals surface area contributed by atoms with Crippen LogP contribution in [-0.4, -0.2) is 52.5 Å². The molecular weight excluding hydrogens is 506 g/mol. The Bertz CT molecular complexity index is 958. The summed E-state index contributed by atoms with van der Waals surface area (Å²) >= 11 is 24.1. The first kappa shape index (κ1) is 25.9. The number of hydrogen-bond acceptors (Lipinski definition) is 7. The average Bonchev–Trinajstić information content (AvgIpc) is 2.92. The van der Waals surface area contributed by atoms with E-state index in [1.165, 1.54) is 26.2 Å². The van der Waals surface area contributed by atoms with Crippen molar-refractivity contribution in [3.05, 3.63) is 67.6 Å². The SMILES string of the molecule is CO[C@@H]1O[C@H](C(O)OCc2ccc(Cl)cc2Cl)[C@](O)(OCc2ccc(Cl)cc2Cl)[C@@]1(C)O. The van der Waals surface area contributed by atoms with Crippen molar-refractivity contribution in [1.29, 1.82) is 0 Å². The van der Waals surface area contributed by atoms with Crippen molar-refractivity contribution in [2.24, 2.45) is 0 Å². The van der Waals surface area contributed by atoms with Gasteiger partial charge in [-0.1, -0.05) is 58.5 Å². The summed E-state index contributed by atoms with van der Waals surface area (Å²) in [6.45, 7) is 0.901. The number of rotatable bonds is 8. The van der Waals surface area contributed by atoms with E-state index in [2.05, 4.69) is 0 Å². The number of ether oxygens (including phenoxy) is 4. The largest absolute Gasteiger partial charge is 0.379 e. The Morgan fingerprint density at radius 3 is 2.00 bits per heavy atom. The van der Waals surface area contributed by atoms with Gasteiger partial charge in [-0.25, -0.2) is 0 Å². The van der Waals surface area contributed by atoms with Gasteiger partial charge in [-0.15, -0.1) is 0 Å². The lowest BCUT2D eigenvalue weighted by Gasteiger charge is -2.38. The molecule has 0 amide bonds. The standard InChI is InChI=1S/C21H22Cl4O7/c1-20(27)19(29-2)32-17(18(26)30-9-11-3-5-13(22)7-15(11)24)21(20,28)31-10-12-4-6-14(23)8-16(12)25/h3-8,17-19,26-28H,9-10H2,1-2H3/t17-,18?,19-,20+,21+/m1/s1. The summed E-state index contributed by atoms with van der Waals surface area (Å²) in [6, 6.07) is 9.50. The summed E-state index contributed by atoms with van der Waals surface area (Å²) in [7, 11) is 1.28. The number of benzene rings is 2. The third kappa shape index (κ3) is 5.19. The van der Waals surface area contributed by atoms with Crippen LogP contribution in [0.3, 0.4) is 0 Å². The molecule has 3 N–H and O–H groups in total. The minimum absolute atomic E-state index is 0.129. The predicted octanol–water partition coefficient (Wildman–Crippen LogP) is 4.16. The quantitative estimate of drug-likeness (QED) is 0.443. The smallest absolute Gasteiger partial charge is 0.232 e. The molecule has 1 fully saturated rings. The van der Waals surface area contributed by atoms with Gasteiger partial charge in [0.2, 0.25) is 5.79 Å². The maximum atomic E-state index is 11.3. The van der Waals surface area contributed by atoms with Crippen LogP contribution in [0.1, 0.15) is 18.1 Å². The highest BCUT2D eigenvalue weighted by Gasteiger charge is 2.67. The Kier molecular flexibility index (Phi) is 8.34. The molecule has 2 aromatic rings. The van der Waals surface area contributed by atoms with Crippen molar-refractivity contribution in [1.82, 2.24) is 0 Å². The lowest BCUT2D eigenvalue weighted by Crippen LogP contribution is -2.61. The molecule has 2 aromatic carbocycles. The molecule has 0 spiro atoms. The van der Waals surface area contributed by atoms with E-state index in [1.54, 1.807) is 24.3 Å². The van der Waals surface area contributed by atoms with Crippen LogP contribution < -0.4 is 0 Å². The summed E-state index contributed by atoms with van der Waals surface area (Å²) in [6.07, 6.45) is -4.59. The fraction of sp³-hybridized carbons (Fsp3) is 0.429. The Balaban J connectivity index is 1.79. The molecule has 1 heterocycles. The summed E-state index contributed by atoms with van der Waals surface area (Å²) in [5.41, 5.74) is -1.04. The van der Waals surface area contributed by atoms with Crippen LogP contribution in [-0.2, 0) is 32.2 Å². The van der Waals surface area contributed by atoms with Gasteiger partial charge in [-0.2, -0.15) is 0 Å². The summed E-state index contributed by atoms with van der Waals surface area (Å²) in [5, 5.41) is 34.4. The fourth-order valence-corrected chi connectivity index (χ4v) is 4.24. The molecular formula is C21H22Cl4O7. The number of halogens is 4. The van der Waals surface area contributed by atoms with Crippen LogP contribution in [0.25, 0.3) is 0 Å². The van der Waals surface area contributed by atoms with E-state index in [-0.39, 0.29) is 13.2 Å². The number of aliphatic hydroxyl groups excluding tert-OH is 1. The number of aliphatic hydroxyl groups is 3. The summed E-state index contributed by atoms with van der Waals surface area (Å²) in [5.74, 6) is -2.43. The van der Waals surface area contributed by atoms with Crippen molar-refractivity contribution < 1.29 is 34.3 Å². The second-order valence-corrected chi connectivity index (χ2v) is 9.12. The number of methoxy groups -OCH3 is 1. The van der Waals surface area contributed by atoms with Gasteiger partial charge in [0, 0.05) is 27.2 Å². The zero-order valence-corrected chi connectivity index (χ0v) is 20.1. The molecule has 0 aliphatic carbocycles. The molecule has 0 aromatic heterocycles. The van der Waals surface area contributed by atoms with Gasteiger partial charge < -0.3 is 34.3 Å². The first-order valence-corrected chi connectivity index (χ1v) is 10.9. The second-order valence-electron chi connectivity index (χ2n) is 7.43. The van der Waals surface area contributed by atoms with Crippen LogP contribution in [0.2, 0.25) is 20.1 Å². The lowest BCUT2D eigenvalue weighted by molar-refractivity contribution is -0.328. The third-order valence-electron chi connectivity index (χ3n) is 5.20. The minimum Gasteiger partial charge on any atom is -0.379 e. The first-order chi connectivity index (χ1) is 15.0. The van der Waals surface area contributed by atoms with Crippen LogP contribution in [0.5, 0.6) is 0 Å². The normalized spacial score (nSPS) is 28.8. The van der Waals surface area contributed by atoms with E-state index in [9.17, 15) is 15.3 Å². The third-order valence-corrected chi connectivity index (χ3v) is 6.37. The van der Waals surface area contributed by atoms with E-state index in [4.69, 9.17) is 65.4 Å². The predicted molar refractivity (Wildman–Crippen MR) is 120 cm³/mol. The zero-order valence-electron chi connectivity index (χ0n) is 17.1. The monoisotopic (exact) mass is 526 g/mol. The molecule has 7 nitrogen and oxygen atoms in total. The molecule has 11 heteroatoms. The van der Waals surface area contributed by atoms with E-state index in [0.717, 1.165) is 0 Å². The van der Waals surface area contributed by atoms with E-state index in [0.29, 0.717) is 31.2 Å². The van der Waals surface area contributed by atoms with Crippen molar-refractivity contribution in [3.8, 4) is 0 Å². The molecule has 32 heavy (non-hydrogen) atoms. The molecule has 0 saturated carbocycles. The fourth-order valence-electron chi connectivity index (χ4n) is 3.32. The Labute approximate surface area is 205 Å². The van der Waals surface area contributed by atoms with E-state index >= 15 is 0 Å². The highest BCUT2D eigenvalue weighted by molar-refractivity contribution is 6.35. The van der Waals surface area contributed by atoms with Gasteiger partial charge in [-0.3, -0.25) is 0 Å². The van der Waals surface area contributed by atoms with Gasteiger partial charge in [0.25, 0.3) is 0 Å². The summed E-state index contributed by atoms with van der Waals surface area (Å²) < 4.78 is 21.8. The maximum Gasteiger partial charge on any atom is 0.232 e.